The predicted molar refractivity (Wildman–Crippen MR) is 53.6 cm³/mol. The van der Waals surface area contributed by atoms with Gasteiger partial charge in [0.05, 0.1) is 0 Å². The Morgan fingerprint density at radius 3 is 2.92 bits per heavy atom. The van der Waals surface area contributed by atoms with E-state index in [1.165, 1.54) is 16.2 Å². The van der Waals surface area contributed by atoms with Crippen LogP contribution >= 0.6 is 23.1 Å². The number of thioether (sulfide) groups is 1. The van der Waals surface area contributed by atoms with E-state index in [9.17, 15) is 4.39 Å². The number of hydrogen-bond donors (Lipinski definition) is 0. The summed E-state index contributed by atoms with van der Waals surface area (Å²) in [5, 5.41) is 0.896. The summed E-state index contributed by atoms with van der Waals surface area (Å²) in [6.45, 7) is 0. The molecule has 2 aromatic rings. The first kappa shape index (κ1) is 8.08. The van der Waals surface area contributed by atoms with Crippen molar-refractivity contribution in [2.45, 2.75) is 4.90 Å². The van der Waals surface area contributed by atoms with Crippen molar-refractivity contribution in [2.24, 2.45) is 0 Å². The van der Waals surface area contributed by atoms with Gasteiger partial charge in [-0.05, 0) is 35.9 Å². The molecule has 0 saturated heterocycles. The summed E-state index contributed by atoms with van der Waals surface area (Å²) < 4.78 is 13.8. The highest BCUT2D eigenvalue weighted by molar-refractivity contribution is 7.98. The molecule has 0 aliphatic carbocycles. The summed E-state index contributed by atoms with van der Waals surface area (Å²) in [6.07, 6.45) is 2.02. The standard InChI is InChI=1S/C9H7FS2/c1-11-7-2-3-8-6(4-7)5-9(10)12-8/h2-5H,1H3. The molecule has 1 heterocycles. The molecule has 0 aliphatic heterocycles. The summed E-state index contributed by atoms with van der Waals surface area (Å²) in [5.74, 6) is 0. The van der Waals surface area contributed by atoms with E-state index in [4.69, 9.17) is 0 Å². The third-order valence-electron chi connectivity index (χ3n) is 1.69. The molecule has 0 bridgehead atoms. The van der Waals surface area contributed by atoms with E-state index in [0.29, 0.717) is 0 Å². The summed E-state index contributed by atoms with van der Waals surface area (Å²) in [6, 6.07) is 7.58. The molecular weight excluding hydrogens is 191 g/mol. The van der Waals surface area contributed by atoms with Crippen molar-refractivity contribution < 1.29 is 4.39 Å². The maximum atomic E-state index is 12.8. The van der Waals surface area contributed by atoms with Crippen molar-refractivity contribution in [1.82, 2.24) is 0 Å². The lowest BCUT2D eigenvalue weighted by Gasteiger charge is -1.93. The summed E-state index contributed by atoms with van der Waals surface area (Å²) in [7, 11) is 0. The minimum Gasteiger partial charge on any atom is -0.195 e. The number of rotatable bonds is 1. The molecule has 0 radical (unpaired) electrons. The van der Waals surface area contributed by atoms with Crippen LogP contribution in [-0.2, 0) is 0 Å². The second kappa shape index (κ2) is 3.07. The second-order valence-electron chi connectivity index (χ2n) is 2.45. The van der Waals surface area contributed by atoms with Crippen LogP contribution in [0, 0.1) is 5.13 Å². The third kappa shape index (κ3) is 1.34. The molecule has 0 nitrogen and oxygen atoms in total. The molecule has 3 heteroatoms. The first-order chi connectivity index (χ1) is 5.79. The second-order valence-corrected chi connectivity index (χ2v) is 4.37. The van der Waals surface area contributed by atoms with Gasteiger partial charge in [0.25, 0.3) is 0 Å². The first-order valence-corrected chi connectivity index (χ1v) is 5.57. The highest BCUT2D eigenvalue weighted by atomic mass is 32.2. The molecule has 0 fully saturated rings. The number of benzene rings is 1. The molecule has 0 spiro atoms. The van der Waals surface area contributed by atoms with Crippen LogP contribution in [0.4, 0.5) is 4.39 Å². The Bertz CT molecular complexity index is 406. The third-order valence-corrected chi connectivity index (χ3v) is 3.32. The van der Waals surface area contributed by atoms with E-state index in [1.807, 2.05) is 24.5 Å². The van der Waals surface area contributed by atoms with Crippen molar-refractivity contribution in [3.8, 4) is 0 Å². The fraction of sp³-hybridized carbons (Fsp3) is 0.111. The van der Waals surface area contributed by atoms with E-state index in [2.05, 4.69) is 0 Å². The Morgan fingerprint density at radius 2 is 2.17 bits per heavy atom. The molecular formula is C9H7FS2. The number of hydrogen-bond acceptors (Lipinski definition) is 2. The highest BCUT2D eigenvalue weighted by Gasteiger charge is 2.00. The van der Waals surface area contributed by atoms with Gasteiger partial charge in [-0.3, -0.25) is 0 Å². The highest BCUT2D eigenvalue weighted by Crippen LogP contribution is 2.27. The Hall–Kier alpha value is -0.540. The topological polar surface area (TPSA) is 0 Å². The van der Waals surface area contributed by atoms with E-state index >= 15 is 0 Å². The largest absolute Gasteiger partial charge is 0.195 e. The maximum absolute atomic E-state index is 12.8. The molecule has 62 valence electrons. The molecule has 0 atom stereocenters. The van der Waals surface area contributed by atoms with Crippen molar-refractivity contribution in [1.29, 1.82) is 0 Å². The Kier molecular flexibility index (Phi) is 2.07. The molecule has 1 aromatic carbocycles. The zero-order chi connectivity index (χ0) is 8.55. The molecule has 12 heavy (non-hydrogen) atoms. The molecule has 1 aromatic heterocycles. The zero-order valence-corrected chi connectivity index (χ0v) is 8.14. The van der Waals surface area contributed by atoms with E-state index in [0.717, 1.165) is 10.1 Å². The smallest absolute Gasteiger partial charge is 0.177 e. The van der Waals surface area contributed by atoms with E-state index in [1.54, 1.807) is 17.8 Å². The molecule has 0 aliphatic rings. The van der Waals surface area contributed by atoms with Crippen LogP contribution in [0.3, 0.4) is 0 Å². The average Bonchev–Trinajstić information content (AvgIpc) is 2.43. The van der Waals surface area contributed by atoms with Gasteiger partial charge in [0.1, 0.15) is 0 Å². The van der Waals surface area contributed by atoms with E-state index < -0.39 is 0 Å². The van der Waals surface area contributed by atoms with Gasteiger partial charge in [0, 0.05) is 9.60 Å². The zero-order valence-electron chi connectivity index (χ0n) is 6.50. The van der Waals surface area contributed by atoms with Gasteiger partial charge >= 0.3 is 0 Å². The van der Waals surface area contributed by atoms with Crippen LogP contribution in [0.25, 0.3) is 10.1 Å². The number of thiophene rings is 1. The van der Waals surface area contributed by atoms with E-state index in [-0.39, 0.29) is 5.13 Å². The molecule has 0 saturated carbocycles. The summed E-state index contributed by atoms with van der Waals surface area (Å²) >= 11 is 2.87. The summed E-state index contributed by atoms with van der Waals surface area (Å²) in [5.41, 5.74) is 0. The molecule has 0 unspecified atom stereocenters. The fourth-order valence-electron chi connectivity index (χ4n) is 1.12. The SMILES string of the molecule is CSc1ccc2sc(F)cc2c1. The quantitative estimate of drug-likeness (QED) is 0.629. The van der Waals surface area contributed by atoms with Gasteiger partial charge in [-0.15, -0.1) is 23.1 Å². The Balaban J connectivity index is 2.66. The van der Waals surface area contributed by atoms with Crippen LogP contribution in [-0.4, -0.2) is 6.26 Å². The number of halogens is 1. The van der Waals surface area contributed by atoms with Gasteiger partial charge in [-0.2, -0.15) is 4.39 Å². The first-order valence-electron chi connectivity index (χ1n) is 3.52. The molecule has 0 N–H and O–H groups in total. The van der Waals surface area contributed by atoms with Crippen LogP contribution in [0.5, 0.6) is 0 Å². The van der Waals surface area contributed by atoms with Crippen LogP contribution < -0.4 is 0 Å². The Morgan fingerprint density at radius 1 is 1.33 bits per heavy atom. The fourth-order valence-corrected chi connectivity index (χ4v) is 2.33. The van der Waals surface area contributed by atoms with Gasteiger partial charge < -0.3 is 0 Å². The van der Waals surface area contributed by atoms with Crippen molar-refractivity contribution >= 4 is 33.2 Å². The minimum atomic E-state index is -0.108. The van der Waals surface area contributed by atoms with Crippen molar-refractivity contribution in [2.75, 3.05) is 6.26 Å². The minimum absolute atomic E-state index is 0.108. The number of fused-ring (bicyclic) bond motifs is 1. The molecule has 0 amide bonds. The predicted octanol–water partition coefficient (Wildman–Crippen LogP) is 3.76. The van der Waals surface area contributed by atoms with Gasteiger partial charge in [-0.25, -0.2) is 0 Å². The normalized spacial score (nSPS) is 10.8. The van der Waals surface area contributed by atoms with Crippen LogP contribution in [0.15, 0.2) is 29.2 Å². The van der Waals surface area contributed by atoms with Gasteiger partial charge in [-0.1, -0.05) is 0 Å². The van der Waals surface area contributed by atoms with Crippen molar-refractivity contribution in [3.63, 3.8) is 0 Å². The lowest BCUT2D eigenvalue weighted by atomic mass is 10.3. The van der Waals surface area contributed by atoms with Gasteiger partial charge in [0.15, 0.2) is 5.13 Å². The lowest BCUT2D eigenvalue weighted by molar-refractivity contribution is 0.658. The van der Waals surface area contributed by atoms with Crippen LogP contribution in [0.1, 0.15) is 0 Å². The van der Waals surface area contributed by atoms with Crippen molar-refractivity contribution in [3.05, 3.63) is 29.4 Å². The lowest BCUT2D eigenvalue weighted by Crippen LogP contribution is -1.66. The van der Waals surface area contributed by atoms with Gasteiger partial charge in [0.2, 0.25) is 0 Å². The summed E-state index contributed by atoms with van der Waals surface area (Å²) in [4.78, 5) is 1.18. The Labute approximate surface area is 78.4 Å². The molecule has 2 rings (SSSR count). The van der Waals surface area contributed by atoms with Crippen LogP contribution in [0.2, 0.25) is 0 Å². The average molecular weight is 198 g/mol. The maximum Gasteiger partial charge on any atom is 0.177 e. The monoisotopic (exact) mass is 198 g/mol.